The largest absolute Gasteiger partial charge is 0.492 e. The fourth-order valence-corrected chi connectivity index (χ4v) is 5.35. The van der Waals surface area contributed by atoms with Gasteiger partial charge in [0.25, 0.3) is 0 Å². The van der Waals surface area contributed by atoms with Gasteiger partial charge in [-0.1, -0.05) is 12.1 Å². The van der Waals surface area contributed by atoms with Crippen molar-refractivity contribution in [2.75, 3.05) is 39.9 Å². The fourth-order valence-electron chi connectivity index (χ4n) is 5.35. The van der Waals surface area contributed by atoms with E-state index < -0.39 is 11.7 Å². The molecule has 1 unspecified atom stereocenters. The third kappa shape index (κ3) is 4.97. The number of fused-ring (bicyclic) bond motifs is 2. The van der Waals surface area contributed by atoms with Crippen molar-refractivity contribution in [1.82, 2.24) is 10.2 Å². The van der Waals surface area contributed by atoms with E-state index in [1.807, 2.05) is 12.1 Å². The van der Waals surface area contributed by atoms with Crippen molar-refractivity contribution in [1.29, 1.82) is 0 Å². The maximum atomic E-state index is 13.9. The molecule has 1 N–H and O–H groups in total. The number of piperazine rings is 1. The molecule has 5 rings (SSSR count). The first-order valence-corrected chi connectivity index (χ1v) is 12.0. The molecule has 2 aliphatic heterocycles. The maximum absolute atomic E-state index is 13.9. The first-order valence-electron chi connectivity index (χ1n) is 12.0. The predicted octanol–water partition coefficient (Wildman–Crippen LogP) is 4.22. The lowest BCUT2D eigenvalue weighted by Gasteiger charge is -2.29. The third-order valence-electron chi connectivity index (χ3n) is 7.15. The Labute approximate surface area is 202 Å². The first kappa shape index (κ1) is 23.9. The van der Waals surface area contributed by atoms with Crippen LogP contribution in [0.3, 0.4) is 0 Å². The SMILES string of the molecule is COC(=O)CC1COc2cc(O[C@@H]3CCc4c3ccc(C(F)(F)F)c4CN3CCNCC3)ccc21. The van der Waals surface area contributed by atoms with Crippen LogP contribution in [0.1, 0.15) is 52.7 Å². The molecule has 3 aliphatic rings. The molecule has 1 aliphatic carbocycles. The molecule has 2 heterocycles. The first-order chi connectivity index (χ1) is 16.8. The minimum atomic E-state index is -4.39. The second-order valence-corrected chi connectivity index (χ2v) is 9.32. The minimum absolute atomic E-state index is 0.0629. The fraction of sp³-hybridized carbons (Fsp3) is 0.500. The highest BCUT2D eigenvalue weighted by Crippen LogP contribution is 2.44. The number of benzene rings is 2. The Morgan fingerprint density at radius 3 is 2.69 bits per heavy atom. The summed E-state index contributed by atoms with van der Waals surface area (Å²) in [4.78, 5) is 13.7. The molecule has 1 fully saturated rings. The molecule has 0 amide bonds. The van der Waals surface area contributed by atoms with Crippen molar-refractivity contribution in [2.24, 2.45) is 0 Å². The zero-order valence-electron chi connectivity index (χ0n) is 19.6. The average Bonchev–Trinajstić information content (AvgIpc) is 3.43. The average molecular weight is 491 g/mol. The summed E-state index contributed by atoms with van der Waals surface area (Å²) >= 11 is 0. The van der Waals surface area contributed by atoms with Crippen LogP contribution >= 0.6 is 0 Å². The lowest BCUT2D eigenvalue weighted by atomic mass is 9.96. The minimum Gasteiger partial charge on any atom is -0.492 e. The number of nitrogens with zero attached hydrogens (tertiary/aromatic N) is 1. The molecule has 0 aromatic heterocycles. The van der Waals surface area contributed by atoms with Crippen LogP contribution in [-0.4, -0.2) is 50.8 Å². The number of hydrogen-bond acceptors (Lipinski definition) is 6. The summed E-state index contributed by atoms with van der Waals surface area (Å²) in [6.07, 6.45) is -3.30. The van der Waals surface area contributed by atoms with Gasteiger partial charge >= 0.3 is 12.1 Å². The van der Waals surface area contributed by atoms with Gasteiger partial charge in [0.05, 0.1) is 25.7 Å². The van der Waals surface area contributed by atoms with E-state index in [2.05, 4.69) is 10.2 Å². The van der Waals surface area contributed by atoms with Crippen LogP contribution < -0.4 is 14.8 Å². The van der Waals surface area contributed by atoms with Gasteiger partial charge in [-0.15, -0.1) is 0 Å². The van der Waals surface area contributed by atoms with Gasteiger partial charge < -0.3 is 19.5 Å². The van der Waals surface area contributed by atoms with Crippen LogP contribution in [0.4, 0.5) is 13.2 Å². The van der Waals surface area contributed by atoms with E-state index in [0.29, 0.717) is 43.1 Å². The van der Waals surface area contributed by atoms with Gasteiger partial charge in [0.2, 0.25) is 0 Å². The van der Waals surface area contributed by atoms with Crippen molar-refractivity contribution in [3.05, 3.63) is 58.1 Å². The summed E-state index contributed by atoms with van der Waals surface area (Å²) in [5, 5.41) is 3.25. The van der Waals surface area contributed by atoms with E-state index in [-0.39, 0.29) is 24.4 Å². The number of ether oxygens (including phenoxy) is 3. The topological polar surface area (TPSA) is 60.0 Å². The molecule has 0 spiro atoms. The van der Waals surface area contributed by atoms with Crippen LogP contribution in [-0.2, 0) is 28.7 Å². The normalized spacial score (nSPS) is 21.8. The third-order valence-corrected chi connectivity index (χ3v) is 7.15. The summed E-state index contributed by atoms with van der Waals surface area (Å²) in [5.74, 6) is 0.918. The zero-order chi connectivity index (χ0) is 24.6. The molecule has 0 radical (unpaired) electrons. The van der Waals surface area contributed by atoms with Crippen molar-refractivity contribution in [3.63, 3.8) is 0 Å². The predicted molar refractivity (Wildman–Crippen MR) is 123 cm³/mol. The standard InChI is InChI=1S/C26H29F3N2O4/c1-33-25(32)12-16-15-34-24-13-17(2-3-18(16)24)35-23-7-5-19-20(23)4-6-22(26(27,28)29)21(19)14-31-10-8-30-9-11-31/h2-4,6,13,16,23,30H,5,7-12,14-15H2,1H3/t16?,23-/m1/s1. The summed E-state index contributed by atoms with van der Waals surface area (Å²) in [5.41, 5.74) is 2.36. The van der Waals surface area contributed by atoms with Crippen molar-refractivity contribution < 1.29 is 32.2 Å². The van der Waals surface area contributed by atoms with E-state index >= 15 is 0 Å². The highest BCUT2D eigenvalue weighted by molar-refractivity contribution is 5.71. The lowest BCUT2D eigenvalue weighted by molar-refractivity contribution is -0.141. The van der Waals surface area contributed by atoms with Crippen LogP contribution in [0.25, 0.3) is 0 Å². The molecule has 2 aromatic rings. The highest BCUT2D eigenvalue weighted by Gasteiger charge is 2.38. The van der Waals surface area contributed by atoms with Crippen LogP contribution in [0.5, 0.6) is 11.5 Å². The number of esters is 1. The highest BCUT2D eigenvalue weighted by atomic mass is 19.4. The van der Waals surface area contributed by atoms with Crippen LogP contribution in [0, 0.1) is 0 Å². The van der Waals surface area contributed by atoms with Gasteiger partial charge in [-0.3, -0.25) is 9.69 Å². The van der Waals surface area contributed by atoms with Gasteiger partial charge in [-0.2, -0.15) is 13.2 Å². The summed E-state index contributed by atoms with van der Waals surface area (Å²) in [6.45, 7) is 3.71. The van der Waals surface area contributed by atoms with Crippen LogP contribution in [0.15, 0.2) is 30.3 Å². The molecule has 9 heteroatoms. The van der Waals surface area contributed by atoms with E-state index in [0.717, 1.165) is 42.9 Å². The van der Waals surface area contributed by atoms with Gasteiger partial charge in [-0.05, 0) is 41.7 Å². The number of nitrogens with one attached hydrogen (secondary N) is 1. The van der Waals surface area contributed by atoms with E-state index in [4.69, 9.17) is 14.2 Å². The Balaban J connectivity index is 1.37. The summed E-state index contributed by atoms with van der Waals surface area (Å²) < 4.78 is 58.4. The molecular weight excluding hydrogens is 461 g/mol. The number of halogens is 3. The number of hydrogen-bond donors (Lipinski definition) is 1. The number of alkyl halides is 3. The zero-order valence-corrected chi connectivity index (χ0v) is 19.6. The van der Waals surface area contributed by atoms with Gasteiger partial charge in [0.15, 0.2) is 0 Å². The molecule has 35 heavy (non-hydrogen) atoms. The maximum Gasteiger partial charge on any atom is 0.416 e. The molecule has 2 aromatic carbocycles. The Morgan fingerprint density at radius 2 is 1.94 bits per heavy atom. The van der Waals surface area contributed by atoms with Gasteiger partial charge in [0.1, 0.15) is 17.6 Å². The van der Waals surface area contributed by atoms with E-state index in [1.165, 1.54) is 13.2 Å². The monoisotopic (exact) mass is 490 g/mol. The molecular formula is C26H29F3N2O4. The Hall–Kier alpha value is -2.78. The number of rotatable bonds is 6. The summed E-state index contributed by atoms with van der Waals surface area (Å²) in [6, 6.07) is 8.32. The van der Waals surface area contributed by atoms with Crippen LogP contribution in [0.2, 0.25) is 0 Å². The lowest BCUT2D eigenvalue weighted by Crippen LogP contribution is -2.43. The number of carbonyl (C=O) groups excluding carboxylic acids is 1. The van der Waals surface area contributed by atoms with Gasteiger partial charge in [0, 0.05) is 50.3 Å². The van der Waals surface area contributed by atoms with Crippen molar-refractivity contribution in [3.8, 4) is 11.5 Å². The Bertz CT molecular complexity index is 1100. The molecule has 1 saturated heterocycles. The smallest absolute Gasteiger partial charge is 0.416 e. The molecule has 0 bridgehead atoms. The molecule has 188 valence electrons. The Kier molecular flexibility index (Phi) is 6.63. The van der Waals surface area contributed by atoms with E-state index in [1.54, 1.807) is 12.1 Å². The van der Waals surface area contributed by atoms with Gasteiger partial charge in [-0.25, -0.2) is 0 Å². The summed E-state index contributed by atoms with van der Waals surface area (Å²) in [7, 11) is 1.36. The van der Waals surface area contributed by atoms with Crippen molar-refractivity contribution in [2.45, 2.75) is 44.0 Å². The molecule has 2 atom stereocenters. The second-order valence-electron chi connectivity index (χ2n) is 9.32. The number of methoxy groups -OCH3 is 1. The number of carbonyl (C=O) groups is 1. The molecule has 6 nitrogen and oxygen atoms in total. The quantitative estimate of drug-likeness (QED) is 0.612. The molecule has 0 saturated carbocycles. The van der Waals surface area contributed by atoms with E-state index in [9.17, 15) is 18.0 Å². The van der Waals surface area contributed by atoms with Crippen molar-refractivity contribution >= 4 is 5.97 Å². The Morgan fingerprint density at radius 1 is 1.17 bits per heavy atom. The second kappa shape index (κ2) is 9.70.